The Morgan fingerprint density at radius 3 is 2.82 bits per heavy atom. The lowest BCUT2D eigenvalue weighted by molar-refractivity contribution is 0.0690. The van der Waals surface area contributed by atoms with Crippen molar-refractivity contribution in [2.45, 2.75) is 12.8 Å². The van der Waals surface area contributed by atoms with Crippen LogP contribution < -0.4 is 5.32 Å². The average molecular weight is 257 g/mol. The van der Waals surface area contributed by atoms with Gasteiger partial charge in [-0.2, -0.15) is 0 Å². The van der Waals surface area contributed by atoms with E-state index in [1.54, 1.807) is 6.07 Å². The number of furan rings is 1. The van der Waals surface area contributed by atoms with E-state index in [0.29, 0.717) is 11.5 Å². The maximum absolute atomic E-state index is 12.1. The number of amides is 1. The number of carbonyl (C=O) groups is 1. The third kappa shape index (κ3) is 2.82. The molecule has 0 saturated carbocycles. The predicted octanol–water partition coefficient (Wildman–Crippen LogP) is 2.00. The summed E-state index contributed by atoms with van der Waals surface area (Å²) in [7, 11) is 1.96. The Balaban J connectivity index is 1.93. The van der Waals surface area contributed by atoms with Gasteiger partial charge in [0.05, 0.1) is 11.8 Å². The standard InChI is InChI=1S/C12H17ClN2O2/c1-14-8-9-2-5-15(6-3-9)12(16)10-4-7-17-11(10)13/h4,7,9,14H,2-3,5-6,8H2,1H3. The Kier molecular flexibility index (Phi) is 4.07. The Labute approximate surface area is 106 Å². The third-order valence-corrected chi connectivity index (χ3v) is 3.54. The van der Waals surface area contributed by atoms with Gasteiger partial charge in [-0.15, -0.1) is 0 Å². The van der Waals surface area contributed by atoms with Crippen LogP contribution >= 0.6 is 11.6 Å². The van der Waals surface area contributed by atoms with Gasteiger partial charge in [-0.1, -0.05) is 0 Å². The highest BCUT2D eigenvalue weighted by Gasteiger charge is 2.25. The van der Waals surface area contributed by atoms with Crippen molar-refractivity contribution in [1.29, 1.82) is 0 Å². The minimum atomic E-state index is -0.0216. The summed E-state index contributed by atoms with van der Waals surface area (Å²) in [6.45, 7) is 2.62. The molecule has 0 aliphatic carbocycles. The molecule has 2 rings (SSSR count). The molecule has 1 N–H and O–H groups in total. The number of nitrogens with zero attached hydrogens (tertiary/aromatic N) is 1. The zero-order chi connectivity index (χ0) is 12.3. The van der Waals surface area contributed by atoms with Gasteiger partial charge in [-0.05, 0) is 50.0 Å². The zero-order valence-electron chi connectivity index (χ0n) is 9.91. The van der Waals surface area contributed by atoms with Gasteiger partial charge in [0.15, 0.2) is 0 Å². The Hall–Kier alpha value is -1.00. The van der Waals surface area contributed by atoms with E-state index >= 15 is 0 Å². The fourth-order valence-corrected chi connectivity index (χ4v) is 2.44. The summed E-state index contributed by atoms with van der Waals surface area (Å²) < 4.78 is 4.94. The number of halogens is 1. The molecule has 0 radical (unpaired) electrons. The number of carbonyl (C=O) groups excluding carboxylic acids is 1. The molecule has 1 aliphatic heterocycles. The quantitative estimate of drug-likeness (QED) is 0.900. The van der Waals surface area contributed by atoms with E-state index < -0.39 is 0 Å². The molecule has 1 aromatic heterocycles. The fourth-order valence-electron chi connectivity index (χ4n) is 2.25. The van der Waals surface area contributed by atoms with Gasteiger partial charge >= 0.3 is 0 Å². The number of hydrogen-bond acceptors (Lipinski definition) is 3. The maximum atomic E-state index is 12.1. The normalized spacial score (nSPS) is 17.4. The summed E-state index contributed by atoms with van der Waals surface area (Å²) in [4.78, 5) is 14.0. The number of hydrogen-bond donors (Lipinski definition) is 1. The zero-order valence-corrected chi connectivity index (χ0v) is 10.7. The van der Waals surface area contributed by atoms with E-state index in [2.05, 4.69) is 5.32 Å². The second kappa shape index (κ2) is 5.56. The van der Waals surface area contributed by atoms with Gasteiger partial charge in [-0.3, -0.25) is 4.79 Å². The number of piperidine rings is 1. The van der Waals surface area contributed by atoms with Crippen LogP contribution in [0.3, 0.4) is 0 Å². The number of nitrogens with one attached hydrogen (secondary N) is 1. The second-order valence-electron chi connectivity index (χ2n) is 4.40. The van der Waals surface area contributed by atoms with Crippen molar-refractivity contribution < 1.29 is 9.21 Å². The van der Waals surface area contributed by atoms with Gasteiger partial charge in [0.25, 0.3) is 5.91 Å². The molecule has 0 spiro atoms. The first kappa shape index (κ1) is 12.5. The molecule has 1 amide bonds. The monoisotopic (exact) mass is 256 g/mol. The van der Waals surface area contributed by atoms with Crippen LogP contribution in [0.4, 0.5) is 0 Å². The van der Waals surface area contributed by atoms with E-state index in [0.717, 1.165) is 32.5 Å². The molecule has 0 atom stereocenters. The van der Waals surface area contributed by atoms with Gasteiger partial charge in [0, 0.05) is 13.1 Å². The van der Waals surface area contributed by atoms with Crippen molar-refractivity contribution in [3.8, 4) is 0 Å². The van der Waals surface area contributed by atoms with E-state index in [1.807, 2.05) is 11.9 Å². The second-order valence-corrected chi connectivity index (χ2v) is 4.74. The van der Waals surface area contributed by atoms with E-state index in [4.69, 9.17) is 16.0 Å². The maximum Gasteiger partial charge on any atom is 0.258 e. The number of rotatable bonds is 3. The van der Waals surface area contributed by atoms with Crippen LogP contribution in [0, 0.1) is 5.92 Å². The summed E-state index contributed by atoms with van der Waals surface area (Å²) in [5.74, 6) is 0.649. The van der Waals surface area contributed by atoms with Crippen LogP contribution in [0.5, 0.6) is 0 Å². The molecule has 1 aromatic rings. The summed E-state index contributed by atoms with van der Waals surface area (Å²) in [6.07, 6.45) is 3.54. The number of likely N-dealkylation sites (tertiary alicyclic amines) is 1. The van der Waals surface area contributed by atoms with Gasteiger partial charge in [0.1, 0.15) is 0 Å². The topological polar surface area (TPSA) is 45.5 Å². The summed E-state index contributed by atoms with van der Waals surface area (Å²) in [6, 6.07) is 1.63. The molecule has 1 fully saturated rings. The summed E-state index contributed by atoms with van der Waals surface area (Å²) in [5, 5.41) is 3.37. The van der Waals surface area contributed by atoms with E-state index in [1.165, 1.54) is 6.26 Å². The van der Waals surface area contributed by atoms with Crippen molar-refractivity contribution >= 4 is 17.5 Å². The van der Waals surface area contributed by atoms with Crippen LogP contribution in [0.1, 0.15) is 23.2 Å². The first-order valence-corrected chi connectivity index (χ1v) is 6.27. The molecule has 94 valence electrons. The largest absolute Gasteiger partial charge is 0.452 e. The molecule has 0 unspecified atom stereocenters. The van der Waals surface area contributed by atoms with Gasteiger partial charge in [0.2, 0.25) is 5.22 Å². The molecular weight excluding hydrogens is 240 g/mol. The predicted molar refractivity (Wildman–Crippen MR) is 66.3 cm³/mol. The van der Waals surface area contributed by atoms with Crippen molar-refractivity contribution in [1.82, 2.24) is 10.2 Å². The lowest BCUT2D eigenvalue weighted by Crippen LogP contribution is -2.40. The first-order chi connectivity index (χ1) is 8.22. The van der Waals surface area contributed by atoms with Crippen molar-refractivity contribution in [2.24, 2.45) is 5.92 Å². The third-order valence-electron chi connectivity index (χ3n) is 3.24. The van der Waals surface area contributed by atoms with Crippen LogP contribution in [-0.2, 0) is 0 Å². The van der Waals surface area contributed by atoms with Crippen molar-refractivity contribution in [3.63, 3.8) is 0 Å². The Bertz CT molecular complexity index is 384. The average Bonchev–Trinajstić information content (AvgIpc) is 2.76. The lowest BCUT2D eigenvalue weighted by Gasteiger charge is -2.31. The molecular formula is C12H17ClN2O2. The lowest BCUT2D eigenvalue weighted by atomic mass is 9.96. The minimum Gasteiger partial charge on any atom is -0.452 e. The SMILES string of the molecule is CNCC1CCN(C(=O)c2ccoc2Cl)CC1. The summed E-state index contributed by atoms with van der Waals surface area (Å²) in [5.41, 5.74) is 0.471. The van der Waals surface area contributed by atoms with E-state index in [9.17, 15) is 4.79 Å². The highest BCUT2D eigenvalue weighted by Crippen LogP contribution is 2.22. The molecule has 1 aliphatic rings. The molecule has 0 aromatic carbocycles. The summed E-state index contributed by atoms with van der Waals surface area (Å²) >= 11 is 5.81. The highest BCUT2D eigenvalue weighted by atomic mass is 35.5. The van der Waals surface area contributed by atoms with E-state index in [-0.39, 0.29) is 11.1 Å². The first-order valence-electron chi connectivity index (χ1n) is 5.89. The molecule has 17 heavy (non-hydrogen) atoms. The van der Waals surface area contributed by atoms with Gasteiger partial charge in [-0.25, -0.2) is 0 Å². The van der Waals surface area contributed by atoms with Crippen LogP contribution in [0.15, 0.2) is 16.7 Å². The Morgan fingerprint density at radius 1 is 1.59 bits per heavy atom. The Morgan fingerprint density at radius 2 is 2.29 bits per heavy atom. The minimum absolute atomic E-state index is 0.0216. The molecule has 2 heterocycles. The van der Waals surface area contributed by atoms with Crippen LogP contribution in [0.2, 0.25) is 5.22 Å². The van der Waals surface area contributed by atoms with Gasteiger partial charge < -0.3 is 14.6 Å². The fraction of sp³-hybridized carbons (Fsp3) is 0.583. The van der Waals surface area contributed by atoms with Crippen LogP contribution in [0.25, 0.3) is 0 Å². The molecule has 0 bridgehead atoms. The smallest absolute Gasteiger partial charge is 0.258 e. The molecule has 5 heteroatoms. The van der Waals surface area contributed by atoms with Crippen molar-refractivity contribution in [3.05, 3.63) is 23.1 Å². The highest BCUT2D eigenvalue weighted by molar-refractivity contribution is 6.32. The molecule has 1 saturated heterocycles. The van der Waals surface area contributed by atoms with Crippen molar-refractivity contribution in [2.75, 3.05) is 26.7 Å². The molecule has 4 nitrogen and oxygen atoms in total. The van der Waals surface area contributed by atoms with Crippen LogP contribution in [-0.4, -0.2) is 37.5 Å².